The minimum absolute atomic E-state index is 0.0724. The Labute approximate surface area is 189 Å². The SMILES string of the molecule is C=CCN1C(=O)/C(=C(\C)c2ccc(OC)cc2)S/C1=N/c1nc(-c2ccccc2)cs1. The molecule has 0 unspecified atom stereocenters. The molecule has 1 fully saturated rings. The second-order valence-corrected chi connectivity index (χ2v) is 8.58. The van der Waals surface area contributed by atoms with Crippen LogP contribution in [0.15, 0.2) is 82.5 Å². The maximum atomic E-state index is 13.1. The number of aliphatic imine (C=N–C) groups is 1. The predicted octanol–water partition coefficient (Wildman–Crippen LogP) is 6.00. The number of ether oxygens (including phenoxy) is 1. The number of thioether (sulfide) groups is 1. The van der Waals surface area contributed by atoms with Crippen LogP contribution in [0.4, 0.5) is 5.13 Å². The fraction of sp³-hybridized carbons (Fsp3) is 0.125. The molecular weight excluding hydrogens is 426 g/mol. The highest BCUT2D eigenvalue weighted by atomic mass is 32.2. The zero-order valence-corrected chi connectivity index (χ0v) is 18.9. The summed E-state index contributed by atoms with van der Waals surface area (Å²) in [6.07, 6.45) is 1.71. The van der Waals surface area contributed by atoms with E-state index < -0.39 is 0 Å². The lowest BCUT2D eigenvalue weighted by Gasteiger charge is -2.12. The summed E-state index contributed by atoms with van der Waals surface area (Å²) in [7, 11) is 1.63. The van der Waals surface area contributed by atoms with Crippen LogP contribution in [0.5, 0.6) is 5.75 Å². The highest BCUT2D eigenvalue weighted by molar-refractivity contribution is 8.18. The molecule has 0 N–H and O–H groups in total. The van der Waals surface area contributed by atoms with Crippen LogP contribution in [-0.2, 0) is 4.79 Å². The molecule has 0 radical (unpaired) electrons. The number of amidine groups is 1. The van der Waals surface area contributed by atoms with Gasteiger partial charge in [0.05, 0.1) is 17.7 Å². The number of hydrogen-bond acceptors (Lipinski definition) is 6. The van der Waals surface area contributed by atoms with Gasteiger partial charge < -0.3 is 4.74 Å². The van der Waals surface area contributed by atoms with Gasteiger partial charge in [0.15, 0.2) is 5.17 Å². The van der Waals surface area contributed by atoms with Crippen molar-refractivity contribution in [1.82, 2.24) is 9.88 Å². The Balaban J connectivity index is 1.66. The maximum Gasteiger partial charge on any atom is 0.267 e. The van der Waals surface area contributed by atoms with Crippen molar-refractivity contribution in [2.75, 3.05) is 13.7 Å². The third-order valence-electron chi connectivity index (χ3n) is 4.79. The third kappa shape index (κ3) is 4.47. The molecular formula is C24H21N3O2S2. The van der Waals surface area contributed by atoms with Crippen LogP contribution >= 0.6 is 23.1 Å². The van der Waals surface area contributed by atoms with Crippen LogP contribution in [0, 0.1) is 0 Å². The number of benzene rings is 2. The molecule has 156 valence electrons. The second-order valence-electron chi connectivity index (χ2n) is 6.76. The molecule has 3 aromatic rings. The van der Waals surface area contributed by atoms with E-state index in [1.807, 2.05) is 66.9 Å². The molecule has 1 aliphatic heterocycles. The van der Waals surface area contributed by atoms with Gasteiger partial charge in [0.25, 0.3) is 5.91 Å². The normalized spacial score (nSPS) is 16.6. The van der Waals surface area contributed by atoms with Crippen LogP contribution < -0.4 is 4.74 Å². The van der Waals surface area contributed by atoms with Gasteiger partial charge in [0.1, 0.15) is 5.75 Å². The van der Waals surface area contributed by atoms with E-state index in [-0.39, 0.29) is 5.91 Å². The highest BCUT2D eigenvalue weighted by Crippen LogP contribution is 2.38. The minimum atomic E-state index is -0.0724. The van der Waals surface area contributed by atoms with Crippen molar-refractivity contribution in [2.24, 2.45) is 4.99 Å². The average molecular weight is 448 g/mol. The van der Waals surface area contributed by atoms with E-state index in [0.717, 1.165) is 28.1 Å². The number of aromatic nitrogens is 1. The van der Waals surface area contributed by atoms with Crippen LogP contribution in [0.25, 0.3) is 16.8 Å². The van der Waals surface area contributed by atoms with Gasteiger partial charge in [-0.3, -0.25) is 9.69 Å². The number of amides is 1. The van der Waals surface area contributed by atoms with E-state index in [9.17, 15) is 4.79 Å². The van der Waals surface area contributed by atoms with E-state index in [4.69, 9.17) is 9.73 Å². The van der Waals surface area contributed by atoms with Crippen molar-refractivity contribution >= 4 is 44.9 Å². The number of allylic oxidation sites excluding steroid dienone is 1. The summed E-state index contributed by atoms with van der Waals surface area (Å²) in [6, 6.07) is 17.7. The van der Waals surface area contributed by atoms with Crippen molar-refractivity contribution in [3.05, 3.63) is 83.1 Å². The van der Waals surface area contributed by atoms with Gasteiger partial charge in [-0.2, -0.15) is 4.99 Å². The Morgan fingerprint density at radius 1 is 1.19 bits per heavy atom. The van der Waals surface area contributed by atoms with Gasteiger partial charge in [0.2, 0.25) is 5.13 Å². The number of thiazole rings is 1. The van der Waals surface area contributed by atoms with Gasteiger partial charge in [-0.05, 0) is 42.0 Å². The first-order valence-corrected chi connectivity index (χ1v) is 11.4. The number of nitrogens with zero attached hydrogens (tertiary/aromatic N) is 3. The monoisotopic (exact) mass is 447 g/mol. The Morgan fingerprint density at radius 2 is 1.94 bits per heavy atom. The zero-order chi connectivity index (χ0) is 21.8. The van der Waals surface area contributed by atoms with E-state index in [1.54, 1.807) is 18.1 Å². The Hall–Kier alpha value is -3.16. The van der Waals surface area contributed by atoms with Crippen molar-refractivity contribution < 1.29 is 9.53 Å². The van der Waals surface area contributed by atoms with Gasteiger partial charge in [0, 0.05) is 17.5 Å². The van der Waals surface area contributed by atoms with Gasteiger partial charge in [-0.25, -0.2) is 4.98 Å². The Bertz CT molecular complexity index is 1170. The van der Waals surface area contributed by atoms with Crippen LogP contribution in [0.3, 0.4) is 0 Å². The van der Waals surface area contributed by atoms with Crippen molar-refractivity contribution in [2.45, 2.75) is 6.92 Å². The van der Waals surface area contributed by atoms with Gasteiger partial charge in [-0.1, -0.05) is 48.5 Å². The number of carbonyl (C=O) groups is 1. The third-order valence-corrected chi connectivity index (χ3v) is 6.71. The summed E-state index contributed by atoms with van der Waals surface area (Å²) in [4.78, 5) is 24.8. The molecule has 0 aliphatic carbocycles. The standard InChI is InChI=1S/C24H21N3O2S2/c1-4-14-27-22(28)21(16(2)17-10-12-19(29-3)13-11-17)31-24(27)26-23-25-20(15-30-23)18-8-6-5-7-9-18/h4-13,15H,1,14H2,2-3H3/b21-16-,26-24+. The fourth-order valence-corrected chi connectivity index (χ4v) is 4.93. The van der Waals surface area contributed by atoms with E-state index in [2.05, 4.69) is 11.6 Å². The van der Waals surface area contributed by atoms with Crippen LogP contribution in [0.2, 0.25) is 0 Å². The largest absolute Gasteiger partial charge is 0.497 e. The Kier molecular flexibility index (Phi) is 6.34. The lowest BCUT2D eigenvalue weighted by atomic mass is 10.1. The fourth-order valence-electron chi connectivity index (χ4n) is 3.12. The molecule has 4 rings (SSSR count). The average Bonchev–Trinajstić information content (AvgIpc) is 3.40. The van der Waals surface area contributed by atoms with Crippen molar-refractivity contribution in [3.8, 4) is 17.0 Å². The molecule has 31 heavy (non-hydrogen) atoms. The molecule has 0 spiro atoms. The molecule has 2 heterocycles. The molecule has 1 amide bonds. The van der Waals surface area contributed by atoms with Gasteiger partial charge >= 0.3 is 0 Å². The van der Waals surface area contributed by atoms with Crippen LogP contribution in [0.1, 0.15) is 12.5 Å². The lowest BCUT2D eigenvalue weighted by molar-refractivity contribution is -0.121. The molecule has 0 saturated carbocycles. The molecule has 0 atom stereocenters. The summed E-state index contributed by atoms with van der Waals surface area (Å²) in [5, 5.41) is 3.21. The van der Waals surface area contributed by atoms with E-state index >= 15 is 0 Å². The molecule has 5 nitrogen and oxygen atoms in total. The second kappa shape index (κ2) is 9.32. The molecule has 1 aromatic heterocycles. The summed E-state index contributed by atoms with van der Waals surface area (Å²) < 4.78 is 5.23. The van der Waals surface area contributed by atoms with Crippen molar-refractivity contribution in [3.63, 3.8) is 0 Å². The molecule has 1 aliphatic rings. The topological polar surface area (TPSA) is 54.8 Å². The summed E-state index contributed by atoms with van der Waals surface area (Å²) in [5.41, 5.74) is 3.79. The predicted molar refractivity (Wildman–Crippen MR) is 130 cm³/mol. The zero-order valence-electron chi connectivity index (χ0n) is 17.2. The highest BCUT2D eigenvalue weighted by Gasteiger charge is 2.34. The Morgan fingerprint density at radius 3 is 2.61 bits per heavy atom. The maximum absolute atomic E-state index is 13.1. The number of methoxy groups -OCH3 is 1. The van der Waals surface area contributed by atoms with Gasteiger partial charge in [-0.15, -0.1) is 17.9 Å². The minimum Gasteiger partial charge on any atom is -0.497 e. The van der Waals surface area contributed by atoms with Crippen LogP contribution in [-0.4, -0.2) is 34.6 Å². The number of rotatable bonds is 6. The number of carbonyl (C=O) groups excluding carboxylic acids is 1. The first-order chi connectivity index (χ1) is 15.1. The van der Waals surface area contributed by atoms with E-state index in [0.29, 0.717) is 21.7 Å². The molecule has 0 bridgehead atoms. The smallest absolute Gasteiger partial charge is 0.267 e. The summed E-state index contributed by atoms with van der Waals surface area (Å²) in [5.74, 6) is 0.706. The molecule has 7 heteroatoms. The lowest BCUT2D eigenvalue weighted by Crippen LogP contribution is -2.29. The summed E-state index contributed by atoms with van der Waals surface area (Å²) in [6.45, 7) is 6.13. The first-order valence-electron chi connectivity index (χ1n) is 9.66. The summed E-state index contributed by atoms with van der Waals surface area (Å²) >= 11 is 2.83. The first kappa shape index (κ1) is 21.1. The quantitative estimate of drug-likeness (QED) is 0.344. The van der Waals surface area contributed by atoms with E-state index in [1.165, 1.54) is 23.1 Å². The molecule has 1 saturated heterocycles. The number of hydrogen-bond donors (Lipinski definition) is 0. The molecule has 2 aromatic carbocycles. The van der Waals surface area contributed by atoms with Crippen molar-refractivity contribution in [1.29, 1.82) is 0 Å².